The van der Waals surface area contributed by atoms with Crippen molar-refractivity contribution >= 4 is 15.9 Å². The summed E-state index contributed by atoms with van der Waals surface area (Å²) in [6, 6.07) is 15.2. The molecular weight excluding hydrogens is 541 g/mol. The molecule has 212 valence electrons. The Labute approximate surface area is 232 Å². The first-order valence-corrected chi connectivity index (χ1v) is 15.2. The molecule has 0 atom stereocenters. The van der Waals surface area contributed by atoms with E-state index in [1.54, 1.807) is 24.3 Å². The lowest BCUT2D eigenvalue weighted by Gasteiger charge is -2.38. The molecule has 5 rings (SSSR count). The molecule has 0 radical (unpaired) electrons. The van der Waals surface area contributed by atoms with Crippen LogP contribution in [0.1, 0.15) is 64.7 Å². The van der Waals surface area contributed by atoms with E-state index in [0.717, 1.165) is 56.2 Å². The van der Waals surface area contributed by atoms with Crippen LogP contribution in [0.5, 0.6) is 5.75 Å². The van der Waals surface area contributed by atoms with Crippen LogP contribution in [0.3, 0.4) is 0 Å². The van der Waals surface area contributed by atoms with Gasteiger partial charge in [0.25, 0.3) is 5.91 Å². The minimum Gasteiger partial charge on any atom is -0.493 e. The van der Waals surface area contributed by atoms with E-state index >= 15 is 0 Å². The standard InChI is InChI=1S/C30H31F3N2O4S/c1-40(37,38)34-30(36)26-16-25(20-2-3-20)28(17-27(26)33)39-18-19-12-14-35(15-13-19)29(21-4-8-23(31)9-5-21)22-6-10-24(32)11-7-22/h4-11,16-17,19-20,29H,2-3,12-15,18H2,1H3,(H,34,36). The first kappa shape index (κ1) is 28.2. The highest BCUT2D eigenvalue weighted by atomic mass is 32.2. The third kappa shape index (κ3) is 6.85. The second-order valence-electron chi connectivity index (χ2n) is 10.6. The predicted octanol–water partition coefficient (Wildman–Crippen LogP) is 5.55. The second kappa shape index (κ2) is 11.6. The Balaban J connectivity index is 1.26. The van der Waals surface area contributed by atoms with Crippen molar-refractivity contribution in [3.8, 4) is 5.75 Å². The van der Waals surface area contributed by atoms with E-state index < -0.39 is 21.7 Å². The molecule has 1 amide bonds. The van der Waals surface area contributed by atoms with E-state index in [1.807, 2.05) is 4.72 Å². The van der Waals surface area contributed by atoms with E-state index in [2.05, 4.69) is 4.90 Å². The maximum Gasteiger partial charge on any atom is 0.267 e. The highest BCUT2D eigenvalue weighted by Crippen LogP contribution is 2.45. The van der Waals surface area contributed by atoms with E-state index in [1.165, 1.54) is 36.4 Å². The summed E-state index contributed by atoms with van der Waals surface area (Å²) >= 11 is 0. The summed E-state index contributed by atoms with van der Waals surface area (Å²) in [6.07, 6.45) is 4.25. The maximum atomic E-state index is 14.8. The van der Waals surface area contributed by atoms with Crippen molar-refractivity contribution in [3.63, 3.8) is 0 Å². The number of sulfonamides is 1. The Kier molecular flexibility index (Phi) is 8.19. The molecule has 0 aromatic heterocycles. The highest BCUT2D eigenvalue weighted by Gasteiger charge is 2.31. The molecule has 0 bridgehead atoms. The predicted molar refractivity (Wildman–Crippen MR) is 145 cm³/mol. The Morgan fingerprint density at radius 3 is 1.98 bits per heavy atom. The maximum absolute atomic E-state index is 14.8. The van der Waals surface area contributed by atoms with Gasteiger partial charge in [-0.05, 0) is 97.6 Å². The monoisotopic (exact) mass is 572 g/mol. The van der Waals surface area contributed by atoms with Crippen LogP contribution in [0.25, 0.3) is 0 Å². The Morgan fingerprint density at radius 1 is 0.925 bits per heavy atom. The number of rotatable bonds is 9. The Hall–Kier alpha value is -3.37. The number of nitrogens with zero attached hydrogens (tertiary/aromatic N) is 1. The fraction of sp³-hybridized carbons (Fsp3) is 0.367. The van der Waals surface area contributed by atoms with Gasteiger partial charge in [-0.15, -0.1) is 0 Å². The molecule has 1 saturated heterocycles. The largest absolute Gasteiger partial charge is 0.493 e. The molecule has 1 aliphatic heterocycles. The van der Waals surface area contributed by atoms with Crippen LogP contribution in [-0.2, 0) is 10.0 Å². The summed E-state index contributed by atoms with van der Waals surface area (Å²) < 4.78 is 72.9. The molecule has 2 fully saturated rings. The van der Waals surface area contributed by atoms with E-state index in [4.69, 9.17) is 4.74 Å². The number of carbonyl (C=O) groups is 1. The zero-order valence-corrected chi connectivity index (χ0v) is 22.9. The quantitative estimate of drug-likeness (QED) is 0.364. The number of ether oxygens (including phenoxy) is 1. The molecule has 1 N–H and O–H groups in total. The summed E-state index contributed by atoms with van der Waals surface area (Å²) in [5, 5.41) is 0. The SMILES string of the molecule is CS(=O)(=O)NC(=O)c1cc(C2CC2)c(OCC2CCN(C(c3ccc(F)cc3)c3ccc(F)cc3)CC2)cc1F. The van der Waals surface area contributed by atoms with Gasteiger partial charge >= 0.3 is 0 Å². The number of likely N-dealkylation sites (tertiary alicyclic amines) is 1. The van der Waals surface area contributed by atoms with Crippen LogP contribution in [0.2, 0.25) is 0 Å². The van der Waals surface area contributed by atoms with Crippen LogP contribution < -0.4 is 9.46 Å². The minimum atomic E-state index is -3.83. The van der Waals surface area contributed by atoms with Gasteiger partial charge in [0, 0.05) is 6.07 Å². The number of halogens is 3. The summed E-state index contributed by atoms with van der Waals surface area (Å²) in [4.78, 5) is 14.6. The number of amides is 1. The van der Waals surface area contributed by atoms with E-state index in [0.29, 0.717) is 17.9 Å². The highest BCUT2D eigenvalue weighted by molar-refractivity contribution is 7.89. The minimum absolute atomic E-state index is 0.148. The third-order valence-corrected chi connectivity index (χ3v) is 8.06. The lowest BCUT2D eigenvalue weighted by atomic mass is 9.91. The van der Waals surface area contributed by atoms with Gasteiger partial charge in [-0.25, -0.2) is 26.3 Å². The Morgan fingerprint density at radius 2 is 1.48 bits per heavy atom. The van der Waals surface area contributed by atoms with Crippen molar-refractivity contribution in [1.29, 1.82) is 0 Å². The fourth-order valence-electron chi connectivity index (χ4n) is 5.30. The molecule has 3 aromatic carbocycles. The number of nitrogens with one attached hydrogen (secondary N) is 1. The molecule has 0 unspecified atom stereocenters. The molecule has 40 heavy (non-hydrogen) atoms. The average molecular weight is 573 g/mol. The first-order valence-electron chi connectivity index (χ1n) is 13.3. The lowest BCUT2D eigenvalue weighted by molar-refractivity contribution is 0.0977. The molecule has 0 spiro atoms. The smallest absolute Gasteiger partial charge is 0.267 e. The number of hydrogen-bond donors (Lipinski definition) is 1. The van der Waals surface area contributed by atoms with Gasteiger partial charge in [0.1, 0.15) is 23.2 Å². The summed E-state index contributed by atoms with van der Waals surface area (Å²) in [5.74, 6) is -1.73. The van der Waals surface area contributed by atoms with Gasteiger partial charge in [-0.3, -0.25) is 9.69 Å². The van der Waals surface area contributed by atoms with Gasteiger partial charge < -0.3 is 4.74 Å². The van der Waals surface area contributed by atoms with Gasteiger partial charge in [0.05, 0.1) is 24.5 Å². The summed E-state index contributed by atoms with van der Waals surface area (Å²) in [5.41, 5.74) is 2.24. The molecule has 6 nitrogen and oxygen atoms in total. The summed E-state index contributed by atoms with van der Waals surface area (Å²) in [6.45, 7) is 1.85. The molecule has 3 aromatic rings. The molecule has 1 saturated carbocycles. The molecule has 10 heteroatoms. The van der Waals surface area contributed by atoms with Crippen molar-refractivity contribution < 1.29 is 31.1 Å². The van der Waals surface area contributed by atoms with Crippen LogP contribution in [0, 0.1) is 23.4 Å². The van der Waals surface area contributed by atoms with Crippen LogP contribution >= 0.6 is 0 Å². The fourth-order valence-corrected chi connectivity index (χ4v) is 5.74. The lowest BCUT2D eigenvalue weighted by Crippen LogP contribution is -2.38. The average Bonchev–Trinajstić information content (AvgIpc) is 3.75. The van der Waals surface area contributed by atoms with E-state index in [9.17, 15) is 26.4 Å². The topological polar surface area (TPSA) is 75.7 Å². The van der Waals surface area contributed by atoms with Crippen LogP contribution in [0.15, 0.2) is 60.7 Å². The molecular formula is C30H31F3N2O4S. The Bertz CT molecular complexity index is 1420. The van der Waals surface area contributed by atoms with Crippen molar-refractivity contribution in [2.45, 2.75) is 37.6 Å². The molecule has 1 heterocycles. The van der Waals surface area contributed by atoms with Gasteiger partial charge in [-0.2, -0.15) is 0 Å². The van der Waals surface area contributed by atoms with E-state index in [-0.39, 0.29) is 35.1 Å². The van der Waals surface area contributed by atoms with Gasteiger partial charge in [0.15, 0.2) is 0 Å². The number of piperidine rings is 1. The normalized spacial score (nSPS) is 16.7. The van der Waals surface area contributed by atoms with Crippen LogP contribution in [-0.4, -0.2) is 45.2 Å². The molecule has 1 aliphatic carbocycles. The van der Waals surface area contributed by atoms with Gasteiger partial charge in [0.2, 0.25) is 10.0 Å². The molecule has 2 aliphatic rings. The number of benzene rings is 3. The zero-order chi connectivity index (χ0) is 28.4. The van der Waals surface area contributed by atoms with Crippen molar-refractivity contribution in [1.82, 2.24) is 9.62 Å². The zero-order valence-electron chi connectivity index (χ0n) is 22.1. The third-order valence-electron chi connectivity index (χ3n) is 7.50. The van der Waals surface area contributed by atoms with Crippen molar-refractivity contribution in [3.05, 3.63) is 100 Å². The summed E-state index contributed by atoms with van der Waals surface area (Å²) in [7, 11) is -3.83. The number of hydrogen-bond acceptors (Lipinski definition) is 5. The van der Waals surface area contributed by atoms with Crippen molar-refractivity contribution in [2.24, 2.45) is 5.92 Å². The van der Waals surface area contributed by atoms with Crippen LogP contribution in [0.4, 0.5) is 13.2 Å². The van der Waals surface area contributed by atoms with Crippen molar-refractivity contribution in [2.75, 3.05) is 26.0 Å². The number of carbonyl (C=O) groups excluding carboxylic acids is 1. The first-order chi connectivity index (χ1) is 19.1. The van der Waals surface area contributed by atoms with Gasteiger partial charge in [-0.1, -0.05) is 24.3 Å². The second-order valence-corrected chi connectivity index (χ2v) is 12.4.